The number of rotatable bonds is 7. The van der Waals surface area contributed by atoms with Crippen molar-refractivity contribution < 1.29 is 14.3 Å². The minimum Gasteiger partial charge on any atom is -0.451 e. The normalized spacial score (nSPS) is 10.2. The zero-order valence-electron chi connectivity index (χ0n) is 11.8. The number of amides is 1. The van der Waals surface area contributed by atoms with Crippen LogP contribution in [0.1, 0.15) is 15.4 Å². The summed E-state index contributed by atoms with van der Waals surface area (Å²) in [4.78, 5) is 29.4. The first-order valence-corrected chi connectivity index (χ1v) is 8.19. The van der Waals surface area contributed by atoms with Crippen LogP contribution < -0.4 is 0 Å². The third-order valence-corrected chi connectivity index (χ3v) is 4.14. The van der Waals surface area contributed by atoms with Gasteiger partial charge in [-0.25, -0.2) is 4.79 Å². The smallest absolute Gasteiger partial charge is 0.355 e. The molecule has 5 nitrogen and oxygen atoms in total. The number of carbonyl (C=O) groups is 2. The second-order valence-electron chi connectivity index (χ2n) is 4.45. The number of nitrogens with one attached hydrogen (secondary N) is 1. The second kappa shape index (κ2) is 7.95. The highest BCUT2D eigenvalue weighted by molar-refractivity contribution is 9.10. The van der Waals surface area contributed by atoms with Gasteiger partial charge < -0.3 is 14.6 Å². The van der Waals surface area contributed by atoms with Gasteiger partial charge in [0.25, 0.3) is 5.91 Å². The molecule has 0 aliphatic heterocycles. The summed E-state index contributed by atoms with van der Waals surface area (Å²) in [5.41, 5.74) is 0.299. The highest BCUT2D eigenvalue weighted by atomic mass is 79.9. The third kappa shape index (κ3) is 4.57. The zero-order valence-corrected chi connectivity index (χ0v) is 14.2. The van der Waals surface area contributed by atoms with Crippen molar-refractivity contribution in [2.24, 2.45) is 0 Å². The van der Waals surface area contributed by atoms with Gasteiger partial charge in [0, 0.05) is 22.1 Å². The maximum Gasteiger partial charge on any atom is 0.355 e. The molecule has 1 amide bonds. The molecule has 2 aromatic rings. The van der Waals surface area contributed by atoms with Gasteiger partial charge in [-0.15, -0.1) is 17.9 Å². The lowest BCUT2D eigenvalue weighted by molar-refractivity contribution is -0.134. The van der Waals surface area contributed by atoms with Crippen molar-refractivity contribution in [1.29, 1.82) is 0 Å². The molecule has 2 aromatic heterocycles. The lowest BCUT2D eigenvalue weighted by Crippen LogP contribution is -2.34. The van der Waals surface area contributed by atoms with Crippen LogP contribution in [0.4, 0.5) is 0 Å². The SMILES string of the molecule is C=CCN(Cc1cccs1)C(=O)COC(=O)c1cc(Br)c[nH]1. The van der Waals surface area contributed by atoms with E-state index in [4.69, 9.17) is 4.74 Å². The average molecular weight is 383 g/mol. The summed E-state index contributed by atoms with van der Waals surface area (Å²) >= 11 is 4.81. The van der Waals surface area contributed by atoms with Crippen LogP contribution in [-0.2, 0) is 16.1 Å². The molecule has 0 aliphatic rings. The molecule has 0 spiro atoms. The number of H-pyrrole nitrogens is 1. The third-order valence-electron chi connectivity index (χ3n) is 2.82. The molecular formula is C15H15BrN2O3S. The van der Waals surface area contributed by atoms with Crippen LogP contribution in [0.5, 0.6) is 0 Å². The summed E-state index contributed by atoms with van der Waals surface area (Å²) in [7, 11) is 0. The lowest BCUT2D eigenvalue weighted by Gasteiger charge is -2.20. The van der Waals surface area contributed by atoms with Gasteiger partial charge in [0.05, 0.1) is 6.54 Å². The summed E-state index contributed by atoms with van der Waals surface area (Å²) in [6.45, 7) is 4.24. The van der Waals surface area contributed by atoms with E-state index in [-0.39, 0.29) is 12.5 Å². The van der Waals surface area contributed by atoms with E-state index in [1.807, 2.05) is 17.5 Å². The highest BCUT2D eigenvalue weighted by Gasteiger charge is 2.17. The Morgan fingerprint density at radius 3 is 2.91 bits per heavy atom. The van der Waals surface area contributed by atoms with Gasteiger partial charge in [0.2, 0.25) is 0 Å². The minimum atomic E-state index is -0.561. The molecule has 116 valence electrons. The number of halogens is 1. The number of nitrogens with zero attached hydrogens (tertiary/aromatic N) is 1. The van der Waals surface area contributed by atoms with Crippen LogP contribution in [-0.4, -0.2) is 34.9 Å². The molecule has 22 heavy (non-hydrogen) atoms. The van der Waals surface area contributed by atoms with Gasteiger partial charge in [-0.05, 0) is 33.4 Å². The quantitative estimate of drug-likeness (QED) is 0.590. The van der Waals surface area contributed by atoms with Crippen molar-refractivity contribution in [2.45, 2.75) is 6.54 Å². The fraction of sp³-hybridized carbons (Fsp3) is 0.200. The Morgan fingerprint density at radius 1 is 1.50 bits per heavy atom. The first-order chi connectivity index (χ1) is 10.6. The topological polar surface area (TPSA) is 62.4 Å². The number of hydrogen-bond acceptors (Lipinski definition) is 4. The van der Waals surface area contributed by atoms with E-state index in [1.165, 1.54) is 0 Å². The van der Waals surface area contributed by atoms with Crippen molar-refractivity contribution in [3.05, 3.63) is 57.5 Å². The van der Waals surface area contributed by atoms with E-state index in [1.54, 1.807) is 34.6 Å². The van der Waals surface area contributed by atoms with Crippen molar-refractivity contribution >= 4 is 39.1 Å². The number of carbonyl (C=O) groups excluding carboxylic acids is 2. The van der Waals surface area contributed by atoms with Crippen molar-refractivity contribution in [3.63, 3.8) is 0 Å². The van der Waals surface area contributed by atoms with E-state index in [0.717, 1.165) is 9.35 Å². The molecule has 1 N–H and O–H groups in total. The van der Waals surface area contributed by atoms with E-state index in [0.29, 0.717) is 18.8 Å². The maximum atomic E-state index is 12.2. The molecule has 0 saturated carbocycles. The Kier molecular flexibility index (Phi) is 5.97. The first-order valence-electron chi connectivity index (χ1n) is 6.52. The van der Waals surface area contributed by atoms with E-state index < -0.39 is 5.97 Å². The van der Waals surface area contributed by atoms with Crippen LogP contribution in [0.2, 0.25) is 0 Å². The molecule has 0 aromatic carbocycles. The molecule has 0 saturated heterocycles. The summed E-state index contributed by atoms with van der Waals surface area (Å²) in [6.07, 6.45) is 3.27. The fourth-order valence-corrected chi connectivity index (χ4v) is 2.85. The Balaban J connectivity index is 1.90. The average Bonchev–Trinajstić information content (AvgIpc) is 3.15. The Hall–Kier alpha value is -1.86. The van der Waals surface area contributed by atoms with E-state index >= 15 is 0 Å². The van der Waals surface area contributed by atoms with Crippen LogP contribution in [0.25, 0.3) is 0 Å². The molecule has 0 bridgehead atoms. The number of hydrogen-bond donors (Lipinski definition) is 1. The predicted octanol–water partition coefficient (Wildman–Crippen LogP) is 3.21. The van der Waals surface area contributed by atoms with Gasteiger partial charge in [-0.3, -0.25) is 4.79 Å². The van der Waals surface area contributed by atoms with Gasteiger partial charge in [-0.2, -0.15) is 0 Å². The fourth-order valence-electron chi connectivity index (χ4n) is 1.78. The largest absolute Gasteiger partial charge is 0.451 e. The molecule has 0 atom stereocenters. The monoisotopic (exact) mass is 382 g/mol. The molecule has 0 unspecified atom stereocenters. The Bertz CT molecular complexity index is 652. The second-order valence-corrected chi connectivity index (χ2v) is 6.40. The van der Waals surface area contributed by atoms with Crippen molar-refractivity contribution in [2.75, 3.05) is 13.2 Å². The molecule has 0 aliphatic carbocycles. The van der Waals surface area contributed by atoms with Crippen LogP contribution >= 0.6 is 27.3 Å². The van der Waals surface area contributed by atoms with Gasteiger partial charge in [0.15, 0.2) is 6.61 Å². The molecule has 2 rings (SSSR count). The Labute approximate surface area is 140 Å². The van der Waals surface area contributed by atoms with E-state index in [2.05, 4.69) is 27.5 Å². The summed E-state index contributed by atoms with van der Waals surface area (Å²) in [5.74, 6) is -0.819. The minimum absolute atomic E-state index is 0.257. The number of aromatic nitrogens is 1. The number of ether oxygens (including phenoxy) is 1. The summed E-state index contributed by atoms with van der Waals surface area (Å²) in [6, 6.07) is 5.48. The lowest BCUT2D eigenvalue weighted by atomic mass is 10.4. The summed E-state index contributed by atoms with van der Waals surface area (Å²) in [5, 5.41) is 1.95. The van der Waals surface area contributed by atoms with Gasteiger partial charge >= 0.3 is 5.97 Å². The molecule has 0 radical (unpaired) electrons. The highest BCUT2D eigenvalue weighted by Crippen LogP contribution is 2.13. The van der Waals surface area contributed by atoms with Crippen LogP contribution in [0.15, 0.2) is 46.9 Å². The van der Waals surface area contributed by atoms with Crippen LogP contribution in [0.3, 0.4) is 0 Å². The molecular weight excluding hydrogens is 368 g/mol. The number of esters is 1. The number of aromatic amines is 1. The summed E-state index contributed by atoms with van der Waals surface area (Å²) < 4.78 is 5.78. The van der Waals surface area contributed by atoms with Crippen molar-refractivity contribution in [3.8, 4) is 0 Å². The molecule has 7 heteroatoms. The van der Waals surface area contributed by atoms with Gasteiger partial charge in [-0.1, -0.05) is 12.1 Å². The van der Waals surface area contributed by atoms with Crippen molar-refractivity contribution in [1.82, 2.24) is 9.88 Å². The number of thiophene rings is 1. The standard InChI is InChI=1S/C15H15BrN2O3S/c1-2-5-18(9-12-4-3-6-22-12)14(19)10-21-15(20)13-7-11(16)8-17-13/h2-4,6-8,17H,1,5,9-10H2. The zero-order chi connectivity index (χ0) is 15.9. The predicted molar refractivity (Wildman–Crippen MR) is 88.7 cm³/mol. The van der Waals surface area contributed by atoms with Crippen LogP contribution in [0, 0.1) is 0 Å². The molecule has 2 heterocycles. The first kappa shape index (κ1) is 16.5. The van der Waals surface area contributed by atoms with Gasteiger partial charge in [0.1, 0.15) is 5.69 Å². The van der Waals surface area contributed by atoms with E-state index in [9.17, 15) is 9.59 Å². The maximum absolute atomic E-state index is 12.2. The molecule has 0 fully saturated rings. The Morgan fingerprint density at radius 2 is 2.32 bits per heavy atom.